The van der Waals surface area contributed by atoms with Crippen LogP contribution in [0.1, 0.15) is 43.4 Å². The van der Waals surface area contributed by atoms with Crippen molar-refractivity contribution in [1.82, 2.24) is 10.6 Å². The van der Waals surface area contributed by atoms with Gasteiger partial charge in [0.25, 0.3) is 0 Å². The Hall–Kier alpha value is -1.58. The Morgan fingerprint density at radius 1 is 1.43 bits per heavy atom. The molecule has 21 heavy (non-hydrogen) atoms. The lowest BCUT2D eigenvalue weighted by Gasteiger charge is -2.36. The van der Waals surface area contributed by atoms with Crippen molar-refractivity contribution in [2.75, 3.05) is 0 Å². The van der Waals surface area contributed by atoms with Crippen molar-refractivity contribution < 1.29 is 9.53 Å². The van der Waals surface area contributed by atoms with Crippen LogP contribution >= 0.6 is 11.3 Å². The smallest absolute Gasteiger partial charge is 0.407 e. The van der Waals surface area contributed by atoms with E-state index in [-0.39, 0.29) is 12.1 Å². The Balaban J connectivity index is 1.63. The Bertz CT molecular complexity index is 536. The van der Waals surface area contributed by atoms with E-state index < -0.39 is 5.60 Å². The molecule has 5 nitrogen and oxygen atoms in total. The number of hydrogen-bond donors (Lipinski definition) is 2. The molecule has 2 N–H and O–H groups in total. The number of amides is 1. The number of nitrogens with one attached hydrogen (secondary N) is 2. The maximum Gasteiger partial charge on any atom is 0.407 e. The third-order valence-corrected chi connectivity index (χ3v) is 4.19. The zero-order chi connectivity index (χ0) is 15.5. The molecule has 1 saturated carbocycles. The number of carbonyl (C=O) groups excluding carboxylic acids is 1. The number of nitriles is 1. The molecule has 1 aliphatic carbocycles. The average molecular weight is 307 g/mol. The number of alkyl carbamates (subject to hydrolysis) is 1. The maximum atomic E-state index is 11.6. The van der Waals surface area contributed by atoms with E-state index in [2.05, 4.69) is 16.7 Å². The Kier molecular flexibility index (Phi) is 4.86. The van der Waals surface area contributed by atoms with Crippen molar-refractivity contribution in [3.05, 3.63) is 21.9 Å². The fourth-order valence-electron chi connectivity index (χ4n) is 2.15. The number of carbonyl (C=O) groups is 1. The SMILES string of the molecule is CC(C)(C)OC(=O)NC1CC(NCc2ccc(C#N)s2)C1. The molecule has 114 valence electrons. The van der Waals surface area contributed by atoms with Gasteiger partial charge in [0.2, 0.25) is 0 Å². The molecule has 1 aromatic rings. The lowest BCUT2D eigenvalue weighted by molar-refractivity contribution is 0.0465. The predicted octanol–water partition coefficient (Wildman–Crippen LogP) is 2.77. The minimum atomic E-state index is -0.455. The van der Waals surface area contributed by atoms with Gasteiger partial charge in [-0.05, 0) is 45.7 Å². The summed E-state index contributed by atoms with van der Waals surface area (Å²) in [5, 5.41) is 15.1. The van der Waals surface area contributed by atoms with Crippen LogP contribution in [-0.4, -0.2) is 23.8 Å². The monoisotopic (exact) mass is 307 g/mol. The Labute approximate surface area is 129 Å². The lowest BCUT2D eigenvalue weighted by Crippen LogP contribution is -2.52. The predicted molar refractivity (Wildman–Crippen MR) is 82.1 cm³/mol. The standard InChI is InChI=1S/C15H21N3O2S/c1-15(2,3)20-14(19)18-11-6-10(7-11)17-9-13-5-4-12(8-16)21-13/h4-5,10-11,17H,6-7,9H2,1-3H3,(H,18,19). The van der Waals surface area contributed by atoms with Gasteiger partial charge in [0.15, 0.2) is 0 Å². The van der Waals surface area contributed by atoms with Crippen LogP contribution in [0.5, 0.6) is 0 Å². The summed E-state index contributed by atoms with van der Waals surface area (Å²) in [6, 6.07) is 6.56. The normalized spacial score (nSPS) is 21.2. The molecule has 2 rings (SSSR count). The van der Waals surface area contributed by atoms with Gasteiger partial charge in [-0.2, -0.15) is 5.26 Å². The topological polar surface area (TPSA) is 74.2 Å². The number of ether oxygens (including phenoxy) is 1. The molecular weight excluding hydrogens is 286 g/mol. The molecule has 1 aromatic heterocycles. The first-order valence-electron chi connectivity index (χ1n) is 7.07. The Morgan fingerprint density at radius 2 is 2.14 bits per heavy atom. The minimum absolute atomic E-state index is 0.190. The highest BCUT2D eigenvalue weighted by Crippen LogP contribution is 2.22. The van der Waals surface area contributed by atoms with Crippen molar-refractivity contribution >= 4 is 17.4 Å². The minimum Gasteiger partial charge on any atom is -0.444 e. The first kappa shape index (κ1) is 15.8. The van der Waals surface area contributed by atoms with Crippen LogP contribution < -0.4 is 10.6 Å². The molecule has 0 aromatic carbocycles. The molecule has 0 aliphatic heterocycles. The van der Waals surface area contributed by atoms with Crippen LogP contribution in [0.2, 0.25) is 0 Å². The fraction of sp³-hybridized carbons (Fsp3) is 0.600. The highest BCUT2D eigenvalue weighted by molar-refractivity contribution is 7.12. The van der Waals surface area contributed by atoms with Crippen LogP contribution in [0.25, 0.3) is 0 Å². The van der Waals surface area contributed by atoms with Gasteiger partial charge < -0.3 is 15.4 Å². The van der Waals surface area contributed by atoms with Gasteiger partial charge in [-0.25, -0.2) is 4.79 Å². The molecule has 1 aliphatic rings. The molecule has 0 spiro atoms. The molecule has 0 bridgehead atoms. The number of nitrogens with zero attached hydrogens (tertiary/aromatic N) is 1. The zero-order valence-corrected chi connectivity index (χ0v) is 13.4. The van der Waals surface area contributed by atoms with E-state index in [0.29, 0.717) is 6.04 Å². The fourth-order valence-corrected chi connectivity index (χ4v) is 2.91. The van der Waals surface area contributed by atoms with E-state index >= 15 is 0 Å². The average Bonchev–Trinajstić information content (AvgIpc) is 2.77. The largest absolute Gasteiger partial charge is 0.444 e. The molecule has 0 unspecified atom stereocenters. The third-order valence-electron chi connectivity index (χ3n) is 3.20. The van der Waals surface area contributed by atoms with Crippen molar-refractivity contribution in [1.29, 1.82) is 5.26 Å². The highest BCUT2D eigenvalue weighted by Gasteiger charge is 2.31. The number of thiophene rings is 1. The molecule has 0 atom stereocenters. The quantitative estimate of drug-likeness (QED) is 0.897. The van der Waals surface area contributed by atoms with E-state index in [9.17, 15) is 4.79 Å². The third kappa shape index (κ3) is 5.03. The molecule has 0 saturated heterocycles. The summed E-state index contributed by atoms with van der Waals surface area (Å²) in [6.07, 6.45) is 1.48. The molecule has 0 radical (unpaired) electrons. The molecular formula is C15H21N3O2S. The van der Waals surface area contributed by atoms with Crippen molar-refractivity contribution in [2.24, 2.45) is 0 Å². The van der Waals surface area contributed by atoms with Crippen LogP contribution in [0.4, 0.5) is 4.79 Å². The lowest BCUT2D eigenvalue weighted by atomic mass is 9.87. The summed E-state index contributed by atoms with van der Waals surface area (Å²) in [5.74, 6) is 0. The molecule has 1 fully saturated rings. The number of rotatable bonds is 4. The van der Waals surface area contributed by atoms with Crippen LogP contribution in [-0.2, 0) is 11.3 Å². The Morgan fingerprint density at radius 3 is 2.71 bits per heavy atom. The van der Waals surface area contributed by atoms with Gasteiger partial charge in [0, 0.05) is 23.5 Å². The zero-order valence-electron chi connectivity index (χ0n) is 12.6. The van der Waals surface area contributed by atoms with Crippen LogP contribution in [0, 0.1) is 11.3 Å². The van der Waals surface area contributed by atoms with Crippen molar-refractivity contribution in [3.63, 3.8) is 0 Å². The van der Waals surface area contributed by atoms with Gasteiger partial charge in [-0.3, -0.25) is 0 Å². The number of hydrogen-bond acceptors (Lipinski definition) is 5. The van der Waals surface area contributed by atoms with E-state index in [4.69, 9.17) is 10.00 Å². The summed E-state index contributed by atoms with van der Waals surface area (Å²) in [4.78, 5) is 13.5. The summed E-state index contributed by atoms with van der Waals surface area (Å²) >= 11 is 1.51. The van der Waals surface area contributed by atoms with Gasteiger partial charge in [-0.15, -0.1) is 11.3 Å². The van der Waals surface area contributed by atoms with Gasteiger partial charge in [-0.1, -0.05) is 0 Å². The molecule has 1 amide bonds. The second-order valence-corrected chi connectivity index (χ2v) is 7.44. The summed E-state index contributed by atoms with van der Waals surface area (Å²) in [5.41, 5.74) is -0.455. The summed E-state index contributed by atoms with van der Waals surface area (Å²) in [6.45, 7) is 6.34. The molecule has 6 heteroatoms. The second kappa shape index (κ2) is 6.46. The van der Waals surface area contributed by atoms with E-state index in [1.807, 2.05) is 32.9 Å². The maximum absolute atomic E-state index is 11.6. The van der Waals surface area contributed by atoms with Crippen LogP contribution in [0.3, 0.4) is 0 Å². The van der Waals surface area contributed by atoms with Crippen molar-refractivity contribution in [3.8, 4) is 6.07 Å². The van der Waals surface area contributed by atoms with Gasteiger partial charge >= 0.3 is 6.09 Å². The van der Waals surface area contributed by atoms with E-state index in [0.717, 1.165) is 29.1 Å². The highest BCUT2D eigenvalue weighted by atomic mass is 32.1. The second-order valence-electron chi connectivity index (χ2n) is 6.27. The van der Waals surface area contributed by atoms with Gasteiger partial charge in [0.05, 0.1) is 0 Å². The van der Waals surface area contributed by atoms with Gasteiger partial charge in [0.1, 0.15) is 16.5 Å². The first-order chi connectivity index (χ1) is 9.85. The van der Waals surface area contributed by atoms with Crippen LogP contribution in [0.15, 0.2) is 12.1 Å². The summed E-state index contributed by atoms with van der Waals surface area (Å²) in [7, 11) is 0. The van der Waals surface area contributed by atoms with E-state index in [1.54, 1.807) is 0 Å². The van der Waals surface area contributed by atoms with Crippen molar-refractivity contribution in [2.45, 2.75) is 57.8 Å². The van der Waals surface area contributed by atoms with E-state index in [1.165, 1.54) is 11.3 Å². The summed E-state index contributed by atoms with van der Waals surface area (Å²) < 4.78 is 5.22. The first-order valence-corrected chi connectivity index (χ1v) is 7.89. The molecule has 1 heterocycles.